The molecule has 0 radical (unpaired) electrons. The first kappa shape index (κ1) is 15.6. The number of aryl methyl sites for hydroxylation is 2. The number of nitrogens with zero attached hydrogens (tertiary/aromatic N) is 3. The average Bonchev–Trinajstić information content (AvgIpc) is 2.76. The van der Waals surface area contributed by atoms with Crippen molar-refractivity contribution in [2.24, 2.45) is 7.05 Å². The molecule has 1 aromatic heterocycles. The summed E-state index contributed by atoms with van der Waals surface area (Å²) in [6.07, 6.45) is 2.35. The van der Waals surface area contributed by atoms with Crippen LogP contribution in [0.5, 0.6) is 0 Å². The number of unbranched alkanes of at least 4 members (excludes halogenated alkanes) is 1. The first-order valence-electron chi connectivity index (χ1n) is 7.68. The lowest BCUT2D eigenvalue weighted by Gasteiger charge is -2.26. The topological polar surface area (TPSA) is 33.1 Å². The molecule has 2 aromatic rings. The minimum atomic E-state index is 0.838. The Hall–Kier alpha value is -1.81. The fraction of sp³-hybridized carbons (Fsp3) is 0.471. The van der Waals surface area contributed by atoms with E-state index in [-0.39, 0.29) is 0 Å². The molecule has 1 heterocycles. The van der Waals surface area contributed by atoms with Crippen molar-refractivity contribution in [3.8, 4) is 0 Å². The highest BCUT2D eigenvalue weighted by atomic mass is 15.4. The van der Waals surface area contributed by atoms with E-state index in [0.29, 0.717) is 0 Å². The third-order valence-electron chi connectivity index (χ3n) is 3.73. The Morgan fingerprint density at radius 2 is 1.95 bits per heavy atom. The SMILES string of the molecule is CCCCN(c1ccccc1)c1c(CNC)c(C)nn1C. The molecule has 4 heteroatoms. The van der Waals surface area contributed by atoms with E-state index in [9.17, 15) is 0 Å². The summed E-state index contributed by atoms with van der Waals surface area (Å²) in [7, 11) is 4.01. The highest BCUT2D eigenvalue weighted by Crippen LogP contribution is 2.30. The molecule has 0 saturated carbocycles. The molecule has 1 aromatic carbocycles. The lowest BCUT2D eigenvalue weighted by Crippen LogP contribution is -2.23. The molecule has 0 spiro atoms. The van der Waals surface area contributed by atoms with E-state index in [0.717, 1.165) is 25.2 Å². The van der Waals surface area contributed by atoms with Gasteiger partial charge in [-0.1, -0.05) is 31.5 Å². The summed E-state index contributed by atoms with van der Waals surface area (Å²) in [6, 6.07) is 10.6. The zero-order valence-corrected chi connectivity index (χ0v) is 13.6. The van der Waals surface area contributed by atoms with E-state index < -0.39 is 0 Å². The summed E-state index contributed by atoms with van der Waals surface area (Å²) in [5, 5.41) is 7.88. The zero-order chi connectivity index (χ0) is 15.2. The van der Waals surface area contributed by atoms with E-state index in [1.54, 1.807) is 0 Å². The van der Waals surface area contributed by atoms with Crippen molar-refractivity contribution < 1.29 is 0 Å². The monoisotopic (exact) mass is 286 g/mol. The number of anilines is 2. The Balaban J connectivity index is 2.46. The average molecular weight is 286 g/mol. The van der Waals surface area contributed by atoms with Gasteiger partial charge in [0.1, 0.15) is 5.82 Å². The van der Waals surface area contributed by atoms with Crippen molar-refractivity contribution in [1.29, 1.82) is 0 Å². The van der Waals surface area contributed by atoms with Crippen molar-refractivity contribution in [1.82, 2.24) is 15.1 Å². The quantitative estimate of drug-likeness (QED) is 0.847. The normalized spacial score (nSPS) is 10.9. The molecule has 4 nitrogen and oxygen atoms in total. The Kier molecular flexibility index (Phi) is 5.39. The molecule has 0 atom stereocenters. The molecule has 0 amide bonds. The van der Waals surface area contributed by atoms with Gasteiger partial charge in [-0.2, -0.15) is 5.10 Å². The predicted octanol–water partition coefficient (Wildman–Crippen LogP) is 3.39. The number of aromatic nitrogens is 2. The van der Waals surface area contributed by atoms with Crippen molar-refractivity contribution in [2.45, 2.75) is 33.2 Å². The van der Waals surface area contributed by atoms with Crippen LogP contribution in [0.4, 0.5) is 11.5 Å². The van der Waals surface area contributed by atoms with Gasteiger partial charge < -0.3 is 10.2 Å². The van der Waals surface area contributed by atoms with E-state index in [1.165, 1.54) is 23.5 Å². The Bertz CT molecular complexity index is 560. The summed E-state index contributed by atoms with van der Waals surface area (Å²) in [6.45, 7) is 6.16. The lowest BCUT2D eigenvalue weighted by atomic mass is 10.2. The van der Waals surface area contributed by atoms with Crippen LogP contribution in [0.15, 0.2) is 30.3 Å². The fourth-order valence-corrected chi connectivity index (χ4v) is 2.69. The Labute approximate surface area is 127 Å². The van der Waals surface area contributed by atoms with E-state index >= 15 is 0 Å². The highest BCUT2D eigenvalue weighted by Gasteiger charge is 2.19. The van der Waals surface area contributed by atoms with Crippen LogP contribution >= 0.6 is 0 Å². The first-order chi connectivity index (χ1) is 10.2. The Morgan fingerprint density at radius 1 is 1.24 bits per heavy atom. The van der Waals surface area contributed by atoms with Crippen LogP contribution in [0.3, 0.4) is 0 Å². The van der Waals surface area contributed by atoms with Crippen LogP contribution in [-0.4, -0.2) is 23.4 Å². The summed E-state index contributed by atoms with van der Waals surface area (Å²) < 4.78 is 2.00. The van der Waals surface area contributed by atoms with Gasteiger partial charge >= 0.3 is 0 Å². The maximum atomic E-state index is 4.62. The second kappa shape index (κ2) is 7.27. The molecule has 0 aliphatic carbocycles. The van der Waals surface area contributed by atoms with Gasteiger partial charge in [0, 0.05) is 31.4 Å². The maximum Gasteiger partial charge on any atom is 0.135 e. The molecule has 114 valence electrons. The summed E-state index contributed by atoms with van der Waals surface area (Å²) >= 11 is 0. The number of rotatable bonds is 7. The number of benzene rings is 1. The van der Waals surface area contributed by atoms with Gasteiger partial charge in [0.2, 0.25) is 0 Å². The number of hydrogen-bond acceptors (Lipinski definition) is 3. The van der Waals surface area contributed by atoms with Crippen LogP contribution in [0.25, 0.3) is 0 Å². The van der Waals surface area contributed by atoms with Crippen LogP contribution in [0, 0.1) is 6.92 Å². The molecule has 0 fully saturated rings. The van der Waals surface area contributed by atoms with Gasteiger partial charge in [0.15, 0.2) is 0 Å². The van der Waals surface area contributed by atoms with Crippen molar-refractivity contribution in [2.75, 3.05) is 18.5 Å². The van der Waals surface area contributed by atoms with Crippen LogP contribution in [0.1, 0.15) is 31.0 Å². The van der Waals surface area contributed by atoms with Gasteiger partial charge in [-0.05, 0) is 32.5 Å². The first-order valence-corrected chi connectivity index (χ1v) is 7.68. The Morgan fingerprint density at radius 3 is 2.57 bits per heavy atom. The third kappa shape index (κ3) is 3.45. The summed E-state index contributed by atoms with van der Waals surface area (Å²) in [5.41, 5.74) is 3.60. The number of hydrogen-bond donors (Lipinski definition) is 1. The van der Waals surface area contributed by atoms with E-state index in [2.05, 4.69) is 59.5 Å². The van der Waals surface area contributed by atoms with Gasteiger partial charge in [0.05, 0.1) is 5.69 Å². The number of para-hydroxylation sites is 1. The van der Waals surface area contributed by atoms with Crippen LogP contribution in [0.2, 0.25) is 0 Å². The molecule has 2 rings (SSSR count). The molecule has 1 N–H and O–H groups in total. The van der Waals surface area contributed by atoms with Gasteiger partial charge in [-0.25, -0.2) is 0 Å². The van der Waals surface area contributed by atoms with Crippen molar-refractivity contribution >= 4 is 11.5 Å². The zero-order valence-electron chi connectivity index (χ0n) is 13.6. The molecular weight excluding hydrogens is 260 g/mol. The number of nitrogens with one attached hydrogen (secondary N) is 1. The third-order valence-corrected chi connectivity index (χ3v) is 3.73. The molecule has 0 aliphatic heterocycles. The smallest absolute Gasteiger partial charge is 0.135 e. The van der Waals surface area contributed by atoms with E-state index in [1.807, 2.05) is 18.8 Å². The minimum absolute atomic E-state index is 0.838. The second-order valence-electron chi connectivity index (χ2n) is 5.38. The fourth-order valence-electron chi connectivity index (χ4n) is 2.69. The van der Waals surface area contributed by atoms with Crippen molar-refractivity contribution in [3.63, 3.8) is 0 Å². The molecule has 0 bridgehead atoms. The molecule has 21 heavy (non-hydrogen) atoms. The van der Waals surface area contributed by atoms with Crippen LogP contribution < -0.4 is 10.2 Å². The lowest BCUT2D eigenvalue weighted by molar-refractivity contribution is 0.712. The highest BCUT2D eigenvalue weighted by molar-refractivity contribution is 5.64. The maximum absolute atomic E-state index is 4.62. The second-order valence-corrected chi connectivity index (χ2v) is 5.38. The molecule has 0 saturated heterocycles. The minimum Gasteiger partial charge on any atom is -0.326 e. The van der Waals surface area contributed by atoms with Gasteiger partial charge in [-0.15, -0.1) is 0 Å². The van der Waals surface area contributed by atoms with Crippen molar-refractivity contribution in [3.05, 3.63) is 41.6 Å². The molecule has 0 unspecified atom stereocenters. The summed E-state index contributed by atoms with van der Waals surface area (Å²) in [5.74, 6) is 1.20. The predicted molar refractivity (Wildman–Crippen MR) is 89.1 cm³/mol. The van der Waals surface area contributed by atoms with Gasteiger partial charge in [-0.3, -0.25) is 4.68 Å². The molecule has 0 aliphatic rings. The van der Waals surface area contributed by atoms with Gasteiger partial charge in [0.25, 0.3) is 0 Å². The standard InChI is InChI=1S/C17H26N4/c1-5-6-12-21(15-10-8-7-9-11-15)17-16(13-18-3)14(2)19-20(17)4/h7-11,18H,5-6,12-13H2,1-4H3. The van der Waals surface area contributed by atoms with E-state index in [4.69, 9.17) is 0 Å². The summed E-state index contributed by atoms with van der Waals surface area (Å²) in [4.78, 5) is 2.39. The molecular formula is C17H26N4. The van der Waals surface area contributed by atoms with Crippen LogP contribution in [-0.2, 0) is 13.6 Å². The largest absolute Gasteiger partial charge is 0.326 e.